The van der Waals surface area contributed by atoms with Gasteiger partial charge in [-0.25, -0.2) is 0 Å². The molecule has 2 nitrogen and oxygen atoms in total. The molecule has 0 bridgehead atoms. The van der Waals surface area contributed by atoms with Crippen molar-refractivity contribution in [2.45, 2.75) is 18.6 Å². The zero-order valence-electron chi connectivity index (χ0n) is 5.00. The second-order valence-electron chi connectivity index (χ2n) is 1.55. The van der Waals surface area contributed by atoms with E-state index in [9.17, 15) is 4.79 Å². The second kappa shape index (κ2) is 4.71. The van der Waals surface area contributed by atoms with Crippen LogP contribution in [0.4, 0.5) is 0 Å². The van der Waals surface area contributed by atoms with E-state index in [-0.39, 0.29) is 17.5 Å². The first kappa shape index (κ1) is 8.86. The molecule has 1 atom stereocenters. The van der Waals surface area contributed by atoms with Crippen molar-refractivity contribution in [1.82, 2.24) is 0 Å². The van der Waals surface area contributed by atoms with Gasteiger partial charge in [0.15, 0.2) is 5.78 Å². The summed E-state index contributed by atoms with van der Waals surface area (Å²) in [5.41, 5.74) is 0. The summed E-state index contributed by atoms with van der Waals surface area (Å²) < 4.78 is 0. The van der Waals surface area contributed by atoms with Gasteiger partial charge in [0, 0.05) is 0 Å². The highest BCUT2D eigenvalue weighted by atomic mass is 33.1. The van der Waals surface area contributed by atoms with E-state index in [2.05, 4.69) is 11.7 Å². The first-order valence-electron chi connectivity index (χ1n) is 2.42. The molecule has 0 aliphatic heterocycles. The SMILES string of the molecule is CC(SS)C(=O)CC#N. The van der Waals surface area contributed by atoms with E-state index in [0.29, 0.717) is 0 Å². The van der Waals surface area contributed by atoms with Crippen molar-refractivity contribution in [2.75, 3.05) is 0 Å². The van der Waals surface area contributed by atoms with Gasteiger partial charge in [-0.3, -0.25) is 4.79 Å². The fourth-order valence-corrected chi connectivity index (χ4v) is 0.834. The van der Waals surface area contributed by atoms with E-state index in [1.165, 1.54) is 10.8 Å². The van der Waals surface area contributed by atoms with Crippen LogP contribution in [0.25, 0.3) is 0 Å². The Balaban J connectivity index is 3.62. The normalized spacial score (nSPS) is 12.1. The van der Waals surface area contributed by atoms with Gasteiger partial charge in [-0.05, 0) is 6.92 Å². The van der Waals surface area contributed by atoms with E-state index < -0.39 is 0 Å². The number of hydrogen-bond donors (Lipinski definition) is 1. The first-order valence-corrected chi connectivity index (χ1v) is 4.35. The number of nitrogens with zero attached hydrogens (tertiary/aromatic N) is 1. The topological polar surface area (TPSA) is 40.9 Å². The Labute approximate surface area is 63.4 Å². The third-order valence-electron chi connectivity index (χ3n) is 0.865. The summed E-state index contributed by atoms with van der Waals surface area (Å²) in [5.74, 6) is -0.0579. The summed E-state index contributed by atoms with van der Waals surface area (Å²) in [4.78, 5) is 10.7. The summed E-state index contributed by atoms with van der Waals surface area (Å²) >= 11 is 3.83. The van der Waals surface area contributed by atoms with Crippen molar-refractivity contribution < 1.29 is 4.79 Å². The lowest BCUT2D eigenvalue weighted by molar-refractivity contribution is -0.117. The average molecular weight is 161 g/mol. The highest BCUT2D eigenvalue weighted by molar-refractivity contribution is 8.69. The Morgan fingerprint density at radius 2 is 2.56 bits per heavy atom. The summed E-state index contributed by atoms with van der Waals surface area (Å²) in [6, 6.07) is 1.79. The second-order valence-corrected chi connectivity index (χ2v) is 3.10. The molecule has 0 aromatic carbocycles. The third-order valence-corrected chi connectivity index (χ3v) is 2.39. The number of carbonyl (C=O) groups excluding carboxylic acids is 1. The predicted octanol–water partition coefficient (Wildman–Crippen LogP) is 1.44. The van der Waals surface area contributed by atoms with E-state index in [1.54, 1.807) is 13.0 Å². The number of nitriles is 1. The number of thiol groups is 1. The molecular formula is C5H7NOS2. The van der Waals surface area contributed by atoms with E-state index in [4.69, 9.17) is 5.26 Å². The maximum absolute atomic E-state index is 10.7. The van der Waals surface area contributed by atoms with Crippen LogP contribution in [-0.4, -0.2) is 11.0 Å². The predicted molar refractivity (Wildman–Crippen MR) is 41.3 cm³/mol. The van der Waals surface area contributed by atoms with Crippen molar-refractivity contribution in [3.63, 3.8) is 0 Å². The molecule has 0 aliphatic carbocycles. The van der Waals surface area contributed by atoms with Crippen LogP contribution in [0.15, 0.2) is 0 Å². The van der Waals surface area contributed by atoms with Gasteiger partial charge in [-0.1, -0.05) is 10.8 Å². The number of carbonyl (C=O) groups is 1. The van der Waals surface area contributed by atoms with Crippen LogP contribution in [0.3, 0.4) is 0 Å². The average Bonchev–Trinajstić information content (AvgIpc) is 1.87. The van der Waals surface area contributed by atoms with Crippen molar-refractivity contribution in [3.8, 4) is 6.07 Å². The standard InChI is InChI=1S/C5H7NOS2/c1-4(9-8)5(7)2-3-6/h4,8H,2H2,1H3. The molecule has 50 valence electrons. The summed E-state index contributed by atoms with van der Waals surface area (Å²) in [6.45, 7) is 1.73. The van der Waals surface area contributed by atoms with Gasteiger partial charge in [-0.15, -0.1) is 11.7 Å². The molecule has 0 heterocycles. The van der Waals surface area contributed by atoms with Gasteiger partial charge in [-0.2, -0.15) is 5.26 Å². The minimum Gasteiger partial charge on any atom is -0.297 e. The van der Waals surface area contributed by atoms with Gasteiger partial charge < -0.3 is 0 Å². The molecule has 4 heteroatoms. The van der Waals surface area contributed by atoms with Crippen LogP contribution in [0.2, 0.25) is 0 Å². The highest BCUT2D eigenvalue weighted by Crippen LogP contribution is 2.15. The third kappa shape index (κ3) is 3.44. The fraction of sp³-hybridized carbons (Fsp3) is 0.600. The maximum atomic E-state index is 10.7. The van der Waals surface area contributed by atoms with Crippen LogP contribution in [-0.2, 0) is 4.79 Å². The monoisotopic (exact) mass is 161 g/mol. The van der Waals surface area contributed by atoms with Crippen LogP contribution in [0.5, 0.6) is 0 Å². The lowest BCUT2D eigenvalue weighted by Gasteiger charge is -1.99. The van der Waals surface area contributed by atoms with Gasteiger partial charge >= 0.3 is 0 Å². The summed E-state index contributed by atoms with van der Waals surface area (Å²) in [6.07, 6.45) is -0.00523. The Morgan fingerprint density at radius 3 is 2.89 bits per heavy atom. The van der Waals surface area contributed by atoms with Gasteiger partial charge in [0.2, 0.25) is 0 Å². The van der Waals surface area contributed by atoms with Crippen molar-refractivity contribution in [3.05, 3.63) is 0 Å². The highest BCUT2D eigenvalue weighted by Gasteiger charge is 2.09. The Morgan fingerprint density at radius 1 is 2.00 bits per heavy atom. The van der Waals surface area contributed by atoms with Gasteiger partial charge in [0.05, 0.1) is 17.7 Å². The molecule has 0 aliphatic rings. The van der Waals surface area contributed by atoms with Crippen molar-refractivity contribution in [2.24, 2.45) is 0 Å². The summed E-state index contributed by atoms with van der Waals surface area (Å²) in [5, 5.41) is 7.92. The smallest absolute Gasteiger partial charge is 0.160 e. The summed E-state index contributed by atoms with van der Waals surface area (Å²) in [7, 11) is 1.17. The molecule has 0 amide bonds. The van der Waals surface area contributed by atoms with Gasteiger partial charge in [0.1, 0.15) is 0 Å². The van der Waals surface area contributed by atoms with Crippen LogP contribution in [0, 0.1) is 11.3 Å². The lowest BCUT2D eigenvalue weighted by Crippen LogP contribution is -2.09. The number of Topliss-reactive ketones (excluding diaryl/α,β-unsaturated/α-hetero) is 1. The zero-order valence-corrected chi connectivity index (χ0v) is 6.71. The van der Waals surface area contributed by atoms with Gasteiger partial charge in [0.25, 0.3) is 0 Å². The maximum Gasteiger partial charge on any atom is 0.160 e. The Hall–Kier alpha value is -0.140. The zero-order chi connectivity index (χ0) is 7.28. The fourth-order valence-electron chi connectivity index (χ4n) is 0.280. The lowest BCUT2D eigenvalue weighted by atomic mass is 10.2. The van der Waals surface area contributed by atoms with Crippen LogP contribution in [0.1, 0.15) is 13.3 Å². The quantitative estimate of drug-likeness (QED) is 0.503. The molecule has 0 spiro atoms. The van der Waals surface area contributed by atoms with E-state index in [0.717, 1.165) is 0 Å². The van der Waals surface area contributed by atoms with Crippen LogP contribution < -0.4 is 0 Å². The molecular weight excluding hydrogens is 154 g/mol. The minimum absolute atomic E-state index is 0.00523. The molecule has 0 N–H and O–H groups in total. The largest absolute Gasteiger partial charge is 0.297 e. The molecule has 0 rings (SSSR count). The minimum atomic E-state index is -0.159. The number of rotatable bonds is 3. The molecule has 0 radical (unpaired) electrons. The Bertz CT molecular complexity index is 140. The molecule has 0 saturated carbocycles. The van der Waals surface area contributed by atoms with Crippen molar-refractivity contribution in [1.29, 1.82) is 5.26 Å². The number of hydrogen-bond acceptors (Lipinski definition) is 4. The van der Waals surface area contributed by atoms with Crippen molar-refractivity contribution >= 4 is 28.2 Å². The first-order chi connectivity index (χ1) is 4.22. The number of ketones is 1. The molecule has 0 fully saturated rings. The molecule has 0 saturated heterocycles. The molecule has 0 aromatic rings. The van der Waals surface area contributed by atoms with E-state index >= 15 is 0 Å². The molecule has 9 heavy (non-hydrogen) atoms. The molecule has 0 aromatic heterocycles. The Kier molecular flexibility index (Phi) is 4.64. The van der Waals surface area contributed by atoms with E-state index in [1.807, 2.05) is 0 Å². The van der Waals surface area contributed by atoms with Crippen LogP contribution >= 0.6 is 22.5 Å². The molecule has 1 unspecified atom stereocenters.